The third-order valence-corrected chi connectivity index (χ3v) is 1.41. The molecule has 0 aromatic rings. The summed E-state index contributed by atoms with van der Waals surface area (Å²) >= 11 is 0. The lowest BCUT2D eigenvalue weighted by molar-refractivity contribution is -0.147. The Morgan fingerprint density at radius 1 is 1.29 bits per heavy atom. The number of carbonyl (C=O) groups excluding carboxylic acids is 1. The van der Waals surface area contributed by atoms with Crippen LogP contribution in [0.2, 0.25) is 0 Å². The summed E-state index contributed by atoms with van der Waals surface area (Å²) in [6.45, 7) is 0.348. The standard InChI is InChI=1S/C8H16O6/c1-6(11)13-5-8(3-10)14-4-7(12)2-9/h7-10,12H,2-5H2,1H3. The van der Waals surface area contributed by atoms with Gasteiger partial charge in [0.05, 0.1) is 19.8 Å². The fraction of sp³-hybridized carbons (Fsp3) is 0.875. The average Bonchev–Trinajstić information content (AvgIpc) is 2.17. The maximum Gasteiger partial charge on any atom is 0.302 e. The highest BCUT2D eigenvalue weighted by molar-refractivity contribution is 5.65. The molecule has 14 heavy (non-hydrogen) atoms. The van der Waals surface area contributed by atoms with E-state index < -0.39 is 24.8 Å². The van der Waals surface area contributed by atoms with Crippen molar-refractivity contribution in [1.82, 2.24) is 0 Å². The molecule has 0 heterocycles. The van der Waals surface area contributed by atoms with Crippen molar-refractivity contribution in [3.63, 3.8) is 0 Å². The van der Waals surface area contributed by atoms with Gasteiger partial charge in [0.15, 0.2) is 0 Å². The van der Waals surface area contributed by atoms with Crippen molar-refractivity contribution in [2.75, 3.05) is 26.4 Å². The zero-order chi connectivity index (χ0) is 11.0. The molecule has 6 heteroatoms. The molecular weight excluding hydrogens is 192 g/mol. The molecule has 0 aliphatic heterocycles. The molecule has 6 nitrogen and oxygen atoms in total. The maximum absolute atomic E-state index is 10.4. The fourth-order valence-corrected chi connectivity index (χ4v) is 0.664. The van der Waals surface area contributed by atoms with Crippen molar-refractivity contribution in [3.8, 4) is 0 Å². The lowest BCUT2D eigenvalue weighted by Crippen LogP contribution is -2.30. The van der Waals surface area contributed by atoms with E-state index in [4.69, 9.17) is 20.1 Å². The van der Waals surface area contributed by atoms with Gasteiger partial charge in [-0.05, 0) is 0 Å². The second-order valence-electron chi connectivity index (χ2n) is 2.78. The van der Waals surface area contributed by atoms with Gasteiger partial charge in [0, 0.05) is 6.92 Å². The van der Waals surface area contributed by atoms with Gasteiger partial charge < -0.3 is 24.8 Å². The molecule has 0 spiro atoms. The largest absolute Gasteiger partial charge is 0.463 e. The summed E-state index contributed by atoms with van der Waals surface area (Å²) in [7, 11) is 0. The van der Waals surface area contributed by atoms with Crippen LogP contribution < -0.4 is 0 Å². The van der Waals surface area contributed by atoms with Crippen LogP contribution in [0.4, 0.5) is 0 Å². The van der Waals surface area contributed by atoms with E-state index in [-0.39, 0.29) is 19.8 Å². The third kappa shape index (κ3) is 6.79. The molecule has 3 N–H and O–H groups in total. The third-order valence-electron chi connectivity index (χ3n) is 1.41. The highest BCUT2D eigenvalue weighted by Crippen LogP contribution is 1.95. The van der Waals surface area contributed by atoms with Crippen molar-refractivity contribution in [3.05, 3.63) is 0 Å². The Labute approximate surface area is 82.1 Å². The van der Waals surface area contributed by atoms with E-state index in [1.807, 2.05) is 0 Å². The van der Waals surface area contributed by atoms with E-state index in [2.05, 4.69) is 4.74 Å². The Hall–Kier alpha value is -0.690. The van der Waals surface area contributed by atoms with Gasteiger partial charge in [-0.25, -0.2) is 0 Å². The van der Waals surface area contributed by atoms with Crippen molar-refractivity contribution >= 4 is 5.97 Å². The molecule has 0 amide bonds. The van der Waals surface area contributed by atoms with Crippen LogP contribution in [0, 0.1) is 0 Å². The van der Waals surface area contributed by atoms with Gasteiger partial charge in [0.25, 0.3) is 0 Å². The Bertz CT molecular complexity index is 160. The highest BCUT2D eigenvalue weighted by atomic mass is 16.6. The monoisotopic (exact) mass is 208 g/mol. The molecule has 0 bridgehead atoms. The van der Waals surface area contributed by atoms with Crippen molar-refractivity contribution < 1.29 is 29.6 Å². The number of ether oxygens (including phenoxy) is 2. The second-order valence-corrected chi connectivity index (χ2v) is 2.78. The second kappa shape index (κ2) is 7.69. The SMILES string of the molecule is CC(=O)OCC(CO)OCC(O)CO. The Morgan fingerprint density at radius 3 is 2.36 bits per heavy atom. The first-order valence-corrected chi connectivity index (χ1v) is 4.24. The van der Waals surface area contributed by atoms with Crippen LogP contribution in [0.5, 0.6) is 0 Å². The molecule has 0 saturated carbocycles. The number of aliphatic hydroxyl groups is 3. The van der Waals surface area contributed by atoms with E-state index in [0.717, 1.165) is 0 Å². The molecule has 0 radical (unpaired) electrons. The predicted molar refractivity (Wildman–Crippen MR) is 46.6 cm³/mol. The molecule has 0 saturated heterocycles. The number of hydrogen-bond acceptors (Lipinski definition) is 6. The fourth-order valence-electron chi connectivity index (χ4n) is 0.664. The number of aliphatic hydroxyl groups excluding tert-OH is 3. The van der Waals surface area contributed by atoms with Gasteiger partial charge in [0.2, 0.25) is 0 Å². The van der Waals surface area contributed by atoms with Gasteiger partial charge in [-0.2, -0.15) is 0 Å². The van der Waals surface area contributed by atoms with Gasteiger partial charge in [-0.15, -0.1) is 0 Å². The molecular formula is C8H16O6. The van der Waals surface area contributed by atoms with E-state index in [1.165, 1.54) is 6.92 Å². The predicted octanol–water partition coefficient (Wildman–Crippen LogP) is -1.72. The molecule has 2 atom stereocenters. The Balaban J connectivity index is 3.62. The van der Waals surface area contributed by atoms with E-state index in [0.29, 0.717) is 0 Å². The van der Waals surface area contributed by atoms with E-state index in [1.54, 1.807) is 0 Å². The minimum Gasteiger partial charge on any atom is -0.463 e. The summed E-state index contributed by atoms with van der Waals surface area (Å²) in [4.78, 5) is 10.4. The van der Waals surface area contributed by atoms with Gasteiger partial charge >= 0.3 is 5.97 Å². The molecule has 2 unspecified atom stereocenters. The molecule has 84 valence electrons. The minimum atomic E-state index is -0.985. The topological polar surface area (TPSA) is 96.2 Å². The van der Waals surface area contributed by atoms with Crippen molar-refractivity contribution in [2.45, 2.75) is 19.1 Å². The molecule has 0 fully saturated rings. The first-order chi connectivity index (χ1) is 6.60. The summed E-state index contributed by atoms with van der Waals surface area (Å²) in [5.41, 5.74) is 0. The molecule has 0 aromatic carbocycles. The van der Waals surface area contributed by atoms with Crippen molar-refractivity contribution in [1.29, 1.82) is 0 Å². The summed E-state index contributed by atoms with van der Waals surface area (Å²) in [6, 6.07) is 0. The quantitative estimate of drug-likeness (QED) is 0.431. The highest BCUT2D eigenvalue weighted by Gasteiger charge is 2.12. The first-order valence-electron chi connectivity index (χ1n) is 4.24. The van der Waals surface area contributed by atoms with Crippen LogP contribution in [-0.4, -0.2) is 59.9 Å². The molecule has 0 rings (SSSR count). The van der Waals surface area contributed by atoms with Crippen molar-refractivity contribution in [2.24, 2.45) is 0 Å². The van der Waals surface area contributed by atoms with Crippen LogP contribution in [0.15, 0.2) is 0 Å². The Kier molecular flexibility index (Phi) is 7.31. The number of esters is 1. The molecule has 0 aromatic heterocycles. The number of carbonyl (C=O) groups is 1. The summed E-state index contributed by atoms with van der Waals surface area (Å²) in [6.07, 6.45) is -1.65. The summed E-state index contributed by atoms with van der Waals surface area (Å²) in [5.74, 6) is -0.463. The lowest BCUT2D eigenvalue weighted by Gasteiger charge is -2.16. The van der Waals surface area contributed by atoms with E-state index in [9.17, 15) is 4.79 Å². The summed E-state index contributed by atoms with van der Waals surface area (Å²) < 4.78 is 9.55. The van der Waals surface area contributed by atoms with Crippen LogP contribution >= 0.6 is 0 Å². The maximum atomic E-state index is 10.4. The minimum absolute atomic E-state index is 0.0655. The van der Waals surface area contributed by atoms with Crippen LogP contribution in [0.25, 0.3) is 0 Å². The number of rotatable bonds is 7. The zero-order valence-corrected chi connectivity index (χ0v) is 8.05. The molecule has 0 aliphatic carbocycles. The van der Waals surface area contributed by atoms with Crippen LogP contribution in [-0.2, 0) is 14.3 Å². The average molecular weight is 208 g/mol. The van der Waals surface area contributed by atoms with Gasteiger partial charge in [0.1, 0.15) is 18.8 Å². The van der Waals surface area contributed by atoms with Crippen LogP contribution in [0.3, 0.4) is 0 Å². The smallest absolute Gasteiger partial charge is 0.302 e. The van der Waals surface area contributed by atoms with Gasteiger partial charge in [-0.3, -0.25) is 4.79 Å². The Morgan fingerprint density at radius 2 is 1.93 bits per heavy atom. The van der Waals surface area contributed by atoms with Gasteiger partial charge in [-0.1, -0.05) is 0 Å². The zero-order valence-electron chi connectivity index (χ0n) is 8.05. The molecule has 0 aliphatic rings. The lowest BCUT2D eigenvalue weighted by atomic mass is 10.3. The number of hydrogen-bond donors (Lipinski definition) is 3. The normalized spacial score (nSPS) is 14.9. The summed E-state index contributed by atoms with van der Waals surface area (Å²) in [5, 5.41) is 26.1. The van der Waals surface area contributed by atoms with E-state index >= 15 is 0 Å². The first kappa shape index (κ1) is 13.3. The van der Waals surface area contributed by atoms with Crippen LogP contribution in [0.1, 0.15) is 6.92 Å².